The highest BCUT2D eigenvalue weighted by Crippen LogP contribution is 2.16. The number of hydrogen-bond donors (Lipinski definition) is 2. The van der Waals surface area contributed by atoms with Gasteiger partial charge in [0.05, 0.1) is 4.47 Å². The minimum atomic E-state index is -0.902. The molecule has 1 aromatic rings. The second-order valence-electron chi connectivity index (χ2n) is 4.04. The van der Waals surface area contributed by atoms with Crippen molar-refractivity contribution in [1.82, 2.24) is 5.32 Å². The number of rotatable bonds is 5. The molecular weight excluding hydrogens is 305 g/mol. The predicted molar refractivity (Wildman–Crippen MR) is 67.9 cm³/mol. The normalized spacial score (nSPS) is 11.9. The first kappa shape index (κ1) is 14.6. The molecule has 0 fully saturated rings. The standard InChI is InChI=1S/C12H13BrFNO3/c1-7(4-11(16)17)6-15-12(18)8-2-3-10(14)9(13)5-8/h2-3,5,7H,4,6H2,1H3,(H,15,18)(H,16,17). The molecule has 1 unspecified atom stereocenters. The van der Waals surface area contributed by atoms with Crippen LogP contribution in [0, 0.1) is 11.7 Å². The molecule has 0 heterocycles. The quantitative estimate of drug-likeness (QED) is 0.876. The zero-order valence-corrected chi connectivity index (χ0v) is 11.3. The molecule has 0 aromatic heterocycles. The lowest BCUT2D eigenvalue weighted by molar-refractivity contribution is -0.137. The molecule has 6 heteroatoms. The zero-order valence-electron chi connectivity index (χ0n) is 9.74. The molecule has 98 valence electrons. The summed E-state index contributed by atoms with van der Waals surface area (Å²) in [6.45, 7) is 2.00. The molecule has 2 N–H and O–H groups in total. The number of carbonyl (C=O) groups is 2. The third-order valence-electron chi connectivity index (χ3n) is 2.32. The first-order chi connectivity index (χ1) is 8.40. The van der Waals surface area contributed by atoms with Crippen molar-refractivity contribution in [2.24, 2.45) is 5.92 Å². The fraction of sp³-hybridized carbons (Fsp3) is 0.333. The lowest BCUT2D eigenvalue weighted by atomic mass is 10.1. The van der Waals surface area contributed by atoms with Gasteiger partial charge < -0.3 is 10.4 Å². The van der Waals surface area contributed by atoms with Crippen molar-refractivity contribution in [2.75, 3.05) is 6.54 Å². The van der Waals surface area contributed by atoms with Gasteiger partial charge in [-0.1, -0.05) is 6.92 Å². The van der Waals surface area contributed by atoms with E-state index < -0.39 is 11.8 Å². The summed E-state index contributed by atoms with van der Waals surface area (Å²) in [7, 11) is 0. The van der Waals surface area contributed by atoms with Crippen LogP contribution in [-0.4, -0.2) is 23.5 Å². The Kier molecular flexibility index (Phi) is 5.27. The van der Waals surface area contributed by atoms with Gasteiger partial charge in [0.1, 0.15) is 5.82 Å². The van der Waals surface area contributed by atoms with Crippen LogP contribution < -0.4 is 5.32 Å². The Morgan fingerprint density at radius 2 is 2.17 bits per heavy atom. The maximum atomic E-state index is 13.0. The summed E-state index contributed by atoms with van der Waals surface area (Å²) < 4.78 is 13.2. The first-order valence-corrected chi connectivity index (χ1v) is 6.14. The molecular formula is C12H13BrFNO3. The van der Waals surface area contributed by atoms with E-state index in [-0.39, 0.29) is 29.3 Å². The van der Waals surface area contributed by atoms with Crippen LogP contribution in [0.2, 0.25) is 0 Å². The van der Waals surface area contributed by atoms with E-state index in [4.69, 9.17) is 5.11 Å². The number of halogens is 2. The Labute approximate surface area is 112 Å². The van der Waals surface area contributed by atoms with Crippen molar-refractivity contribution in [2.45, 2.75) is 13.3 Å². The number of carboxylic acids is 1. The molecule has 1 amide bonds. The molecule has 4 nitrogen and oxygen atoms in total. The van der Waals surface area contributed by atoms with Gasteiger partial charge in [-0.25, -0.2) is 4.39 Å². The third kappa shape index (κ3) is 4.44. The topological polar surface area (TPSA) is 66.4 Å². The molecule has 1 atom stereocenters. The number of nitrogens with one attached hydrogen (secondary N) is 1. The Morgan fingerprint density at radius 1 is 1.50 bits per heavy atom. The van der Waals surface area contributed by atoms with Gasteiger partial charge in [-0.15, -0.1) is 0 Å². The van der Waals surface area contributed by atoms with E-state index >= 15 is 0 Å². The summed E-state index contributed by atoms with van der Waals surface area (Å²) in [4.78, 5) is 22.1. The number of hydrogen-bond acceptors (Lipinski definition) is 2. The Bertz CT molecular complexity index is 465. The molecule has 0 saturated carbocycles. The average molecular weight is 318 g/mol. The van der Waals surface area contributed by atoms with E-state index in [9.17, 15) is 14.0 Å². The fourth-order valence-corrected chi connectivity index (χ4v) is 1.76. The largest absolute Gasteiger partial charge is 0.481 e. The summed E-state index contributed by atoms with van der Waals surface area (Å²) in [5.41, 5.74) is 0.325. The predicted octanol–water partition coefficient (Wildman–Crippen LogP) is 2.43. The van der Waals surface area contributed by atoms with Gasteiger partial charge in [-0.3, -0.25) is 9.59 Å². The molecule has 0 aliphatic heterocycles. The van der Waals surface area contributed by atoms with E-state index in [2.05, 4.69) is 21.2 Å². The number of aliphatic carboxylic acids is 1. The summed E-state index contributed by atoms with van der Waals surface area (Å²) in [6, 6.07) is 3.95. The highest BCUT2D eigenvalue weighted by molar-refractivity contribution is 9.10. The zero-order chi connectivity index (χ0) is 13.7. The number of amides is 1. The molecule has 0 radical (unpaired) electrons. The third-order valence-corrected chi connectivity index (χ3v) is 2.92. The van der Waals surface area contributed by atoms with Crippen LogP contribution in [0.15, 0.2) is 22.7 Å². The first-order valence-electron chi connectivity index (χ1n) is 5.35. The average Bonchev–Trinajstić information content (AvgIpc) is 2.28. The Hall–Kier alpha value is -1.43. The minimum absolute atomic E-state index is 0.00656. The number of carbonyl (C=O) groups excluding carboxylic acids is 1. The van der Waals surface area contributed by atoms with Crippen molar-refractivity contribution >= 4 is 27.8 Å². The summed E-state index contributed by atoms with van der Waals surface area (Å²) in [5.74, 6) is -1.85. The van der Waals surface area contributed by atoms with Crippen molar-refractivity contribution in [3.63, 3.8) is 0 Å². The van der Waals surface area contributed by atoms with Crippen LogP contribution >= 0.6 is 15.9 Å². The molecule has 0 saturated heterocycles. The molecule has 1 rings (SSSR count). The van der Waals surface area contributed by atoms with Crippen molar-refractivity contribution in [1.29, 1.82) is 0 Å². The van der Waals surface area contributed by atoms with Crippen molar-refractivity contribution in [3.05, 3.63) is 34.1 Å². The van der Waals surface area contributed by atoms with Gasteiger partial charge in [0, 0.05) is 18.5 Å². The number of benzene rings is 1. The summed E-state index contributed by atoms with van der Waals surface area (Å²) >= 11 is 2.99. The second kappa shape index (κ2) is 6.49. The number of carboxylic acid groups (broad SMARTS) is 1. The molecule has 18 heavy (non-hydrogen) atoms. The highest BCUT2D eigenvalue weighted by Gasteiger charge is 2.11. The van der Waals surface area contributed by atoms with Crippen molar-refractivity contribution < 1.29 is 19.1 Å². The molecule has 0 aliphatic rings. The van der Waals surface area contributed by atoms with Gasteiger partial charge in [-0.05, 0) is 40.0 Å². The lowest BCUT2D eigenvalue weighted by Gasteiger charge is -2.10. The Balaban J connectivity index is 2.55. The van der Waals surface area contributed by atoms with Crippen LogP contribution in [0.25, 0.3) is 0 Å². The van der Waals surface area contributed by atoms with E-state index in [1.165, 1.54) is 18.2 Å². The molecule has 0 bridgehead atoms. The van der Waals surface area contributed by atoms with Gasteiger partial charge in [0.15, 0.2) is 0 Å². The van der Waals surface area contributed by atoms with E-state index in [0.29, 0.717) is 5.56 Å². The van der Waals surface area contributed by atoms with E-state index in [1.807, 2.05) is 0 Å². The monoisotopic (exact) mass is 317 g/mol. The molecule has 0 aliphatic carbocycles. The van der Waals surface area contributed by atoms with Crippen molar-refractivity contribution in [3.8, 4) is 0 Å². The maximum absolute atomic E-state index is 13.0. The molecule has 1 aromatic carbocycles. The van der Waals surface area contributed by atoms with Crippen LogP contribution in [0.3, 0.4) is 0 Å². The van der Waals surface area contributed by atoms with Gasteiger partial charge in [0.2, 0.25) is 0 Å². The minimum Gasteiger partial charge on any atom is -0.481 e. The van der Waals surface area contributed by atoms with E-state index in [1.54, 1.807) is 6.92 Å². The SMILES string of the molecule is CC(CNC(=O)c1ccc(F)c(Br)c1)CC(=O)O. The van der Waals surface area contributed by atoms with Crippen LogP contribution in [0.1, 0.15) is 23.7 Å². The second-order valence-corrected chi connectivity index (χ2v) is 4.90. The van der Waals surface area contributed by atoms with Gasteiger partial charge >= 0.3 is 5.97 Å². The molecule has 0 spiro atoms. The van der Waals surface area contributed by atoms with Crippen LogP contribution in [0.4, 0.5) is 4.39 Å². The van der Waals surface area contributed by atoms with E-state index in [0.717, 1.165) is 0 Å². The van der Waals surface area contributed by atoms with Crippen LogP contribution in [-0.2, 0) is 4.79 Å². The fourth-order valence-electron chi connectivity index (χ4n) is 1.38. The maximum Gasteiger partial charge on any atom is 0.303 e. The highest BCUT2D eigenvalue weighted by atomic mass is 79.9. The van der Waals surface area contributed by atoms with Crippen LogP contribution in [0.5, 0.6) is 0 Å². The Morgan fingerprint density at radius 3 is 2.72 bits per heavy atom. The summed E-state index contributed by atoms with van der Waals surface area (Å²) in [6.07, 6.45) is -0.00656. The van der Waals surface area contributed by atoms with Gasteiger partial charge in [-0.2, -0.15) is 0 Å². The smallest absolute Gasteiger partial charge is 0.303 e. The summed E-state index contributed by atoms with van der Waals surface area (Å²) in [5, 5.41) is 11.2. The lowest BCUT2D eigenvalue weighted by Crippen LogP contribution is -2.29. The van der Waals surface area contributed by atoms with Gasteiger partial charge in [0.25, 0.3) is 5.91 Å².